The van der Waals surface area contributed by atoms with Crippen LogP contribution in [-0.4, -0.2) is 59.6 Å². The summed E-state index contributed by atoms with van der Waals surface area (Å²) in [4.78, 5) is 11.4. The Morgan fingerprint density at radius 2 is 2.28 bits per heavy atom. The second-order valence-electron chi connectivity index (χ2n) is 4.79. The Morgan fingerprint density at radius 1 is 1.56 bits per heavy atom. The van der Waals surface area contributed by atoms with E-state index in [9.17, 15) is 9.50 Å². The fourth-order valence-corrected chi connectivity index (χ4v) is 1.97. The first-order valence-corrected chi connectivity index (χ1v) is 5.73. The summed E-state index contributed by atoms with van der Waals surface area (Å²) in [7, 11) is 3.40. The first kappa shape index (κ1) is 13.0. The van der Waals surface area contributed by atoms with Crippen LogP contribution >= 0.6 is 0 Å². The van der Waals surface area contributed by atoms with Crippen LogP contribution in [0.4, 0.5) is 16.2 Å². The van der Waals surface area contributed by atoms with Crippen LogP contribution in [0.15, 0.2) is 6.20 Å². The van der Waals surface area contributed by atoms with Gasteiger partial charge in [-0.15, -0.1) is 0 Å². The molecule has 0 radical (unpaired) electrons. The van der Waals surface area contributed by atoms with E-state index in [1.807, 2.05) is 0 Å². The summed E-state index contributed by atoms with van der Waals surface area (Å²) in [6.07, 6.45) is 1.57. The zero-order chi connectivity index (χ0) is 13.3. The van der Waals surface area contributed by atoms with Crippen molar-refractivity contribution < 1.29 is 14.6 Å². The molecule has 2 rings (SSSR count). The van der Waals surface area contributed by atoms with Crippen molar-refractivity contribution >= 4 is 11.8 Å². The maximum Gasteiger partial charge on any atom is 0.227 e. The van der Waals surface area contributed by atoms with Crippen LogP contribution in [-0.2, 0) is 0 Å². The van der Waals surface area contributed by atoms with Crippen molar-refractivity contribution in [1.82, 2.24) is 9.97 Å². The Labute approximate surface area is 105 Å². The third-order valence-electron chi connectivity index (χ3n) is 3.05. The predicted octanol–water partition coefficient (Wildman–Crippen LogP) is -0.385. The molecule has 0 spiro atoms. The second kappa shape index (κ2) is 4.66. The summed E-state index contributed by atoms with van der Waals surface area (Å²) < 4.78 is 13.5. The van der Waals surface area contributed by atoms with Gasteiger partial charge in [-0.25, -0.2) is 9.37 Å². The molecule has 1 unspecified atom stereocenters. The van der Waals surface area contributed by atoms with Gasteiger partial charge in [0.25, 0.3) is 0 Å². The predicted molar refractivity (Wildman–Crippen MR) is 65.2 cm³/mol. The molecule has 0 saturated carbocycles. The normalized spacial score (nSPS) is 23.5. The highest BCUT2D eigenvalue weighted by Gasteiger charge is 2.36. The Hall–Kier alpha value is -1.47. The largest absolute Gasteiger partial charge is 0.393 e. The highest BCUT2D eigenvalue weighted by atomic mass is 19.1. The number of anilines is 2. The zero-order valence-electron chi connectivity index (χ0n) is 10.5. The van der Waals surface area contributed by atoms with E-state index >= 15 is 0 Å². The molecule has 1 aliphatic heterocycles. The standard InChI is InChI=1S/C11H17FN4O2/c1-15(2)9-8(12)5-13-10(14-9)16-4-3-11(18,6-16)7-17/h5,17-18H,3-4,6-7H2,1-2H3. The van der Waals surface area contributed by atoms with E-state index < -0.39 is 11.4 Å². The van der Waals surface area contributed by atoms with Crippen molar-refractivity contribution in [3.8, 4) is 0 Å². The third-order valence-corrected chi connectivity index (χ3v) is 3.05. The fourth-order valence-electron chi connectivity index (χ4n) is 1.97. The lowest BCUT2D eigenvalue weighted by Gasteiger charge is -2.21. The highest BCUT2D eigenvalue weighted by molar-refractivity contribution is 5.44. The van der Waals surface area contributed by atoms with Gasteiger partial charge in [-0.1, -0.05) is 0 Å². The third kappa shape index (κ3) is 2.37. The molecule has 0 aliphatic carbocycles. The molecule has 100 valence electrons. The van der Waals surface area contributed by atoms with Crippen LogP contribution in [0, 0.1) is 5.82 Å². The molecular formula is C11H17FN4O2. The molecule has 0 aromatic carbocycles. The molecule has 1 saturated heterocycles. The average Bonchev–Trinajstić information content (AvgIpc) is 2.73. The van der Waals surface area contributed by atoms with Gasteiger partial charge in [0.2, 0.25) is 5.95 Å². The molecule has 2 N–H and O–H groups in total. The van der Waals surface area contributed by atoms with Crippen LogP contribution in [0.5, 0.6) is 0 Å². The highest BCUT2D eigenvalue weighted by Crippen LogP contribution is 2.25. The van der Waals surface area contributed by atoms with Gasteiger partial charge in [-0.05, 0) is 6.42 Å². The summed E-state index contributed by atoms with van der Waals surface area (Å²) in [6.45, 7) is 0.489. The maximum atomic E-state index is 13.5. The summed E-state index contributed by atoms with van der Waals surface area (Å²) in [6, 6.07) is 0. The Morgan fingerprint density at radius 3 is 2.83 bits per heavy atom. The van der Waals surface area contributed by atoms with E-state index in [1.54, 1.807) is 23.9 Å². The number of hydrogen-bond donors (Lipinski definition) is 2. The molecule has 18 heavy (non-hydrogen) atoms. The molecule has 1 fully saturated rings. The van der Waals surface area contributed by atoms with Gasteiger partial charge in [0.1, 0.15) is 5.60 Å². The summed E-state index contributed by atoms with van der Waals surface area (Å²) >= 11 is 0. The van der Waals surface area contributed by atoms with Gasteiger partial charge in [0.05, 0.1) is 19.3 Å². The van der Waals surface area contributed by atoms with Gasteiger partial charge >= 0.3 is 0 Å². The first-order valence-electron chi connectivity index (χ1n) is 5.73. The van der Waals surface area contributed by atoms with Gasteiger partial charge < -0.3 is 20.0 Å². The summed E-state index contributed by atoms with van der Waals surface area (Å²) in [5.41, 5.74) is -1.12. The average molecular weight is 256 g/mol. The number of hydrogen-bond acceptors (Lipinski definition) is 6. The number of rotatable bonds is 3. The van der Waals surface area contributed by atoms with Crippen LogP contribution < -0.4 is 9.80 Å². The van der Waals surface area contributed by atoms with Crippen molar-refractivity contribution in [2.45, 2.75) is 12.0 Å². The van der Waals surface area contributed by atoms with E-state index in [1.165, 1.54) is 0 Å². The SMILES string of the molecule is CN(C)c1nc(N2CCC(O)(CO)C2)ncc1F. The zero-order valence-corrected chi connectivity index (χ0v) is 10.5. The number of aliphatic hydroxyl groups excluding tert-OH is 1. The topological polar surface area (TPSA) is 72.7 Å². The summed E-state index contributed by atoms with van der Waals surface area (Å²) in [5, 5.41) is 19.0. The number of nitrogens with zero attached hydrogens (tertiary/aromatic N) is 4. The van der Waals surface area contributed by atoms with Crippen LogP contribution in [0.25, 0.3) is 0 Å². The molecule has 6 nitrogen and oxygen atoms in total. The van der Waals surface area contributed by atoms with Crippen LogP contribution in [0.1, 0.15) is 6.42 Å². The summed E-state index contributed by atoms with van der Waals surface area (Å²) in [5.74, 6) is 0.0873. The lowest BCUT2D eigenvalue weighted by atomic mass is 10.1. The Bertz CT molecular complexity index is 443. The molecule has 1 aromatic rings. The van der Waals surface area contributed by atoms with Crippen molar-refractivity contribution in [1.29, 1.82) is 0 Å². The smallest absolute Gasteiger partial charge is 0.227 e. The molecule has 0 amide bonds. The molecule has 7 heteroatoms. The molecule has 1 atom stereocenters. The van der Waals surface area contributed by atoms with Crippen LogP contribution in [0.2, 0.25) is 0 Å². The van der Waals surface area contributed by atoms with Gasteiger partial charge in [-0.2, -0.15) is 4.98 Å². The van der Waals surface area contributed by atoms with Crippen molar-refractivity contribution in [2.24, 2.45) is 0 Å². The Kier molecular flexibility index (Phi) is 3.36. The number of aromatic nitrogens is 2. The minimum atomic E-state index is -1.12. The van der Waals surface area contributed by atoms with E-state index in [0.717, 1.165) is 6.20 Å². The van der Waals surface area contributed by atoms with E-state index in [4.69, 9.17) is 5.11 Å². The van der Waals surface area contributed by atoms with Gasteiger partial charge in [0, 0.05) is 20.6 Å². The van der Waals surface area contributed by atoms with Crippen LogP contribution in [0.3, 0.4) is 0 Å². The monoisotopic (exact) mass is 256 g/mol. The van der Waals surface area contributed by atoms with Gasteiger partial charge in [0.15, 0.2) is 11.6 Å². The van der Waals surface area contributed by atoms with E-state index in [2.05, 4.69) is 9.97 Å². The van der Waals surface area contributed by atoms with E-state index in [-0.39, 0.29) is 19.0 Å². The Balaban J connectivity index is 2.23. The quantitative estimate of drug-likeness (QED) is 0.768. The fraction of sp³-hybridized carbons (Fsp3) is 0.636. The van der Waals surface area contributed by atoms with E-state index in [0.29, 0.717) is 18.9 Å². The molecular weight excluding hydrogens is 239 g/mol. The number of aliphatic hydroxyl groups is 2. The lowest BCUT2D eigenvalue weighted by molar-refractivity contribution is 0.00470. The van der Waals surface area contributed by atoms with Crippen molar-refractivity contribution in [2.75, 3.05) is 43.6 Å². The van der Waals surface area contributed by atoms with Gasteiger partial charge in [-0.3, -0.25) is 0 Å². The number of halogens is 1. The maximum absolute atomic E-state index is 13.5. The molecule has 2 heterocycles. The minimum absolute atomic E-state index is 0.208. The lowest BCUT2D eigenvalue weighted by Crippen LogP contribution is -2.37. The number of β-amino-alcohol motifs (C(OH)–C–C–N with tert-alkyl or cyclic N) is 1. The second-order valence-corrected chi connectivity index (χ2v) is 4.79. The molecule has 1 aliphatic rings. The molecule has 0 bridgehead atoms. The van der Waals surface area contributed by atoms with Crippen molar-refractivity contribution in [3.05, 3.63) is 12.0 Å². The first-order chi connectivity index (χ1) is 8.45. The van der Waals surface area contributed by atoms with Crippen molar-refractivity contribution in [3.63, 3.8) is 0 Å². The minimum Gasteiger partial charge on any atom is -0.393 e. The molecule has 1 aromatic heterocycles.